The van der Waals surface area contributed by atoms with Crippen LogP contribution in [0.3, 0.4) is 0 Å². The second-order valence-electron chi connectivity index (χ2n) is 6.96. The minimum atomic E-state index is -3.51. The summed E-state index contributed by atoms with van der Waals surface area (Å²) in [5.41, 5.74) is 6.10. The maximum absolute atomic E-state index is 12.9. The van der Waals surface area contributed by atoms with Crippen molar-refractivity contribution in [3.63, 3.8) is 0 Å². The van der Waals surface area contributed by atoms with Crippen LogP contribution in [0.5, 0.6) is 0 Å². The summed E-state index contributed by atoms with van der Waals surface area (Å²) >= 11 is 0. The van der Waals surface area contributed by atoms with Gasteiger partial charge in [0, 0.05) is 25.8 Å². The molecule has 1 N–H and O–H groups in total. The van der Waals surface area contributed by atoms with Crippen LogP contribution < -0.4 is 9.62 Å². The lowest BCUT2D eigenvalue weighted by molar-refractivity contribution is 0.577. The average molecular weight is 375 g/mol. The molecule has 0 radical (unpaired) electrons. The van der Waals surface area contributed by atoms with Gasteiger partial charge < -0.3 is 4.90 Å². The first-order chi connectivity index (χ1) is 12.2. The second-order valence-corrected chi connectivity index (χ2v) is 8.67. The summed E-state index contributed by atoms with van der Waals surface area (Å²) in [7, 11) is -1.50. The average Bonchev–Trinajstić information content (AvgIpc) is 2.62. The third-order valence-corrected chi connectivity index (χ3v) is 7.09. The van der Waals surface area contributed by atoms with E-state index in [-0.39, 0.29) is 0 Å². The number of sulfonamides is 1. The molecular formula is C21H30N2O2S. The zero-order chi connectivity index (χ0) is 19.5. The van der Waals surface area contributed by atoms with Gasteiger partial charge in [0.15, 0.2) is 0 Å². The smallest absolute Gasteiger partial charge is 0.241 e. The second kappa shape index (κ2) is 8.23. The number of hydrogen-bond acceptors (Lipinski definition) is 3. The Labute approximate surface area is 158 Å². The van der Waals surface area contributed by atoms with Crippen LogP contribution in [0.1, 0.15) is 34.2 Å². The molecule has 0 fully saturated rings. The molecule has 2 aromatic rings. The molecule has 5 heteroatoms. The van der Waals surface area contributed by atoms with Crippen molar-refractivity contribution in [3.8, 4) is 0 Å². The van der Waals surface area contributed by atoms with E-state index in [1.54, 1.807) is 0 Å². The van der Waals surface area contributed by atoms with E-state index >= 15 is 0 Å². The molecule has 0 atom stereocenters. The summed E-state index contributed by atoms with van der Waals surface area (Å²) in [6.45, 7) is 11.0. The highest BCUT2D eigenvalue weighted by atomic mass is 32.2. The van der Waals surface area contributed by atoms with Gasteiger partial charge in [-0.1, -0.05) is 18.2 Å². The van der Waals surface area contributed by atoms with E-state index in [2.05, 4.69) is 21.8 Å². The first-order valence-corrected chi connectivity index (χ1v) is 10.5. The molecule has 0 saturated carbocycles. The number of hydrogen-bond donors (Lipinski definition) is 1. The van der Waals surface area contributed by atoms with Crippen LogP contribution in [0.2, 0.25) is 0 Å². The van der Waals surface area contributed by atoms with E-state index < -0.39 is 10.0 Å². The van der Waals surface area contributed by atoms with Gasteiger partial charge >= 0.3 is 0 Å². The fourth-order valence-electron chi connectivity index (χ4n) is 3.28. The quantitative estimate of drug-likeness (QED) is 0.744. The molecule has 0 aromatic heterocycles. The van der Waals surface area contributed by atoms with Crippen LogP contribution in [-0.2, 0) is 10.0 Å². The molecule has 0 aliphatic rings. The highest BCUT2D eigenvalue weighted by Gasteiger charge is 2.23. The highest BCUT2D eigenvalue weighted by Crippen LogP contribution is 2.29. The Balaban J connectivity index is 2.06. The molecule has 4 nitrogen and oxygen atoms in total. The maximum Gasteiger partial charge on any atom is 0.241 e. The largest absolute Gasteiger partial charge is 0.375 e. The number of nitrogens with zero attached hydrogens (tertiary/aromatic N) is 1. The molecule has 0 aliphatic carbocycles. The maximum atomic E-state index is 12.9. The van der Waals surface area contributed by atoms with Gasteiger partial charge in [0.25, 0.3) is 0 Å². The van der Waals surface area contributed by atoms with E-state index in [0.29, 0.717) is 11.4 Å². The normalized spacial score (nSPS) is 11.6. The Morgan fingerprint density at radius 3 is 1.88 bits per heavy atom. The van der Waals surface area contributed by atoms with Crippen LogP contribution in [-0.4, -0.2) is 28.6 Å². The topological polar surface area (TPSA) is 49.4 Å². The number of benzene rings is 2. The molecule has 0 unspecified atom stereocenters. The Kier molecular flexibility index (Phi) is 6.48. The predicted octanol–water partition coefficient (Wildman–Crippen LogP) is 4.03. The summed E-state index contributed by atoms with van der Waals surface area (Å²) in [6.07, 6.45) is 0.743. The molecule has 0 amide bonds. The molecule has 0 saturated heterocycles. The van der Waals surface area contributed by atoms with Crippen molar-refractivity contribution in [2.75, 3.05) is 25.0 Å². The van der Waals surface area contributed by atoms with Crippen LogP contribution in [0, 0.1) is 34.6 Å². The van der Waals surface area contributed by atoms with Crippen molar-refractivity contribution >= 4 is 15.7 Å². The van der Waals surface area contributed by atoms with Gasteiger partial charge in [-0.05, 0) is 81.0 Å². The van der Waals surface area contributed by atoms with E-state index in [1.807, 2.05) is 59.9 Å². The minimum Gasteiger partial charge on any atom is -0.375 e. The molecule has 2 aromatic carbocycles. The molecule has 0 heterocycles. The van der Waals surface area contributed by atoms with Gasteiger partial charge in [-0.2, -0.15) is 0 Å². The van der Waals surface area contributed by atoms with Crippen molar-refractivity contribution in [2.24, 2.45) is 0 Å². The van der Waals surface area contributed by atoms with Crippen LogP contribution >= 0.6 is 0 Å². The number of rotatable bonds is 7. The lowest BCUT2D eigenvalue weighted by Gasteiger charge is -2.20. The molecule has 0 spiro atoms. The molecule has 2 rings (SSSR count). The summed E-state index contributed by atoms with van der Waals surface area (Å²) in [5, 5.41) is 0. The Hall–Kier alpha value is -1.85. The Bertz CT molecular complexity index is 846. The predicted molar refractivity (Wildman–Crippen MR) is 110 cm³/mol. The minimum absolute atomic E-state index is 0.421. The highest BCUT2D eigenvalue weighted by molar-refractivity contribution is 7.89. The standard InChI is InChI=1S/C21H30N2O2S/c1-15-16(2)18(4)21(19(5)17(15)3)26(24,25)22-13-10-14-23(6)20-11-8-7-9-12-20/h7-9,11-12,22H,10,13-14H2,1-6H3. The van der Waals surface area contributed by atoms with E-state index in [4.69, 9.17) is 0 Å². The molecule has 0 bridgehead atoms. The van der Waals surface area contributed by atoms with Gasteiger partial charge in [0.1, 0.15) is 0 Å². The molecule has 0 aliphatic heterocycles. The van der Waals surface area contributed by atoms with Crippen LogP contribution in [0.4, 0.5) is 5.69 Å². The zero-order valence-electron chi connectivity index (χ0n) is 16.7. The molecular weight excluding hydrogens is 344 g/mol. The fourth-order valence-corrected chi connectivity index (χ4v) is 4.94. The lowest BCUT2D eigenvalue weighted by atomic mass is 9.95. The van der Waals surface area contributed by atoms with Gasteiger partial charge in [0.2, 0.25) is 10.0 Å². The van der Waals surface area contributed by atoms with Crippen LogP contribution in [0.15, 0.2) is 35.2 Å². The van der Waals surface area contributed by atoms with Gasteiger partial charge in [-0.25, -0.2) is 13.1 Å². The summed E-state index contributed by atoms with van der Waals surface area (Å²) in [6, 6.07) is 10.1. The number of anilines is 1. The van der Waals surface area contributed by atoms with E-state index in [0.717, 1.165) is 40.9 Å². The summed E-state index contributed by atoms with van der Waals surface area (Å²) < 4.78 is 28.5. The van der Waals surface area contributed by atoms with Crippen molar-refractivity contribution in [3.05, 3.63) is 58.1 Å². The van der Waals surface area contributed by atoms with Crippen molar-refractivity contribution in [1.82, 2.24) is 4.72 Å². The first-order valence-electron chi connectivity index (χ1n) is 8.99. The van der Waals surface area contributed by atoms with Gasteiger partial charge in [-0.15, -0.1) is 0 Å². The van der Waals surface area contributed by atoms with Crippen molar-refractivity contribution in [1.29, 1.82) is 0 Å². The van der Waals surface area contributed by atoms with Crippen molar-refractivity contribution in [2.45, 2.75) is 45.9 Å². The Morgan fingerprint density at radius 1 is 0.846 bits per heavy atom. The summed E-state index contributed by atoms with van der Waals surface area (Å²) in [4.78, 5) is 2.57. The van der Waals surface area contributed by atoms with Crippen LogP contribution in [0.25, 0.3) is 0 Å². The monoisotopic (exact) mass is 374 g/mol. The zero-order valence-corrected chi connectivity index (χ0v) is 17.5. The Morgan fingerprint density at radius 2 is 1.35 bits per heavy atom. The van der Waals surface area contributed by atoms with E-state index in [1.165, 1.54) is 5.56 Å². The third kappa shape index (κ3) is 4.27. The number of para-hydroxylation sites is 1. The molecule has 26 heavy (non-hydrogen) atoms. The van der Waals surface area contributed by atoms with E-state index in [9.17, 15) is 8.42 Å². The lowest BCUT2D eigenvalue weighted by Crippen LogP contribution is -2.29. The van der Waals surface area contributed by atoms with Crippen molar-refractivity contribution < 1.29 is 8.42 Å². The van der Waals surface area contributed by atoms with Gasteiger partial charge in [0.05, 0.1) is 4.90 Å². The molecule has 142 valence electrons. The first kappa shape index (κ1) is 20.5. The number of nitrogens with one attached hydrogen (secondary N) is 1. The van der Waals surface area contributed by atoms with Gasteiger partial charge in [-0.3, -0.25) is 0 Å². The fraction of sp³-hybridized carbons (Fsp3) is 0.429. The third-order valence-electron chi connectivity index (χ3n) is 5.36. The summed E-state index contributed by atoms with van der Waals surface area (Å²) in [5.74, 6) is 0. The SMILES string of the molecule is Cc1c(C)c(C)c(S(=O)(=O)NCCCN(C)c2ccccc2)c(C)c1C.